The van der Waals surface area contributed by atoms with E-state index in [4.69, 9.17) is 0 Å². The van der Waals surface area contributed by atoms with Gasteiger partial charge in [0, 0.05) is 32.7 Å². The summed E-state index contributed by atoms with van der Waals surface area (Å²) >= 11 is 0. The number of aliphatic hydroxyl groups is 1. The maximum absolute atomic E-state index is 12.8. The number of hydrogen-bond donors (Lipinski definition) is 1. The third kappa shape index (κ3) is 3.18. The van der Waals surface area contributed by atoms with Crippen LogP contribution in [0.2, 0.25) is 0 Å². The van der Waals surface area contributed by atoms with Crippen molar-refractivity contribution in [2.24, 2.45) is 0 Å². The van der Waals surface area contributed by atoms with Gasteiger partial charge in [-0.3, -0.25) is 9.69 Å². The summed E-state index contributed by atoms with van der Waals surface area (Å²) in [4.78, 5) is 17.1. The maximum Gasteiger partial charge on any atom is 0.230 e. The molecule has 1 aromatic rings. The van der Waals surface area contributed by atoms with Crippen molar-refractivity contribution in [3.63, 3.8) is 0 Å². The predicted molar refractivity (Wildman–Crippen MR) is 86.8 cm³/mol. The molecule has 1 saturated heterocycles. The Bertz CT molecular complexity index is 524. The molecule has 0 spiro atoms. The highest BCUT2D eigenvalue weighted by molar-refractivity contribution is 5.85. The van der Waals surface area contributed by atoms with Crippen LogP contribution in [-0.4, -0.2) is 59.6 Å². The van der Waals surface area contributed by atoms with Crippen molar-refractivity contribution in [2.75, 3.05) is 32.7 Å². The van der Waals surface area contributed by atoms with Crippen LogP contribution in [0.4, 0.5) is 0 Å². The van der Waals surface area contributed by atoms with Crippen molar-refractivity contribution in [1.82, 2.24) is 9.80 Å². The molecule has 1 N–H and O–H groups in total. The number of β-amino-alcohol motifs (C(OH)–C–C–N with tert-alkyl or cyclic N) is 1. The lowest BCUT2D eigenvalue weighted by Gasteiger charge is -2.36. The molecule has 1 aliphatic heterocycles. The van der Waals surface area contributed by atoms with Gasteiger partial charge in [0.2, 0.25) is 5.91 Å². The second-order valence-corrected chi connectivity index (χ2v) is 6.48. The first-order chi connectivity index (χ1) is 10.7. The largest absolute Gasteiger partial charge is 0.392 e. The molecule has 120 valence electrons. The Labute approximate surface area is 132 Å². The highest BCUT2D eigenvalue weighted by atomic mass is 16.3. The van der Waals surface area contributed by atoms with Crippen LogP contribution >= 0.6 is 0 Å². The number of amides is 1. The molecule has 3 rings (SSSR count). The number of nitrogens with zero attached hydrogens (tertiary/aromatic N) is 2. The standard InChI is InChI=1S/C18H26N2O2/c1-2-15(21)13-19-9-11-20(12-10-19)18(22)17-8-7-14-5-3-4-6-16(14)17/h3-6,15,17,21H,2,7-13H2,1H3/t15-,17-/m0/s1. The average Bonchev–Trinajstić information content (AvgIpc) is 2.99. The summed E-state index contributed by atoms with van der Waals surface area (Å²) in [5.74, 6) is 0.352. The van der Waals surface area contributed by atoms with Crippen molar-refractivity contribution >= 4 is 5.91 Å². The van der Waals surface area contributed by atoms with E-state index in [1.165, 1.54) is 11.1 Å². The highest BCUT2D eigenvalue weighted by Crippen LogP contribution is 2.34. The number of rotatable bonds is 4. The summed E-state index contributed by atoms with van der Waals surface area (Å²) in [5, 5.41) is 9.74. The number of benzene rings is 1. The van der Waals surface area contributed by atoms with Crippen LogP contribution in [0.5, 0.6) is 0 Å². The van der Waals surface area contributed by atoms with E-state index in [-0.39, 0.29) is 12.0 Å². The van der Waals surface area contributed by atoms with Gasteiger partial charge in [-0.2, -0.15) is 0 Å². The molecule has 4 nitrogen and oxygen atoms in total. The average molecular weight is 302 g/mol. The third-order valence-electron chi connectivity index (χ3n) is 5.06. The van der Waals surface area contributed by atoms with Crippen molar-refractivity contribution in [2.45, 2.75) is 38.2 Å². The molecular weight excluding hydrogens is 276 g/mol. The van der Waals surface area contributed by atoms with Crippen molar-refractivity contribution in [3.05, 3.63) is 35.4 Å². The summed E-state index contributed by atoms with van der Waals surface area (Å²) in [6.45, 7) is 6.04. The number of fused-ring (bicyclic) bond motifs is 1. The van der Waals surface area contributed by atoms with E-state index >= 15 is 0 Å². The van der Waals surface area contributed by atoms with Crippen LogP contribution < -0.4 is 0 Å². The van der Waals surface area contributed by atoms with Crippen molar-refractivity contribution < 1.29 is 9.90 Å². The molecule has 2 aliphatic rings. The van der Waals surface area contributed by atoms with Gasteiger partial charge < -0.3 is 10.0 Å². The highest BCUT2D eigenvalue weighted by Gasteiger charge is 2.32. The topological polar surface area (TPSA) is 43.8 Å². The van der Waals surface area contributed by atoms with Crippen LogP contribution in [-0.2, 0) is 11.2 Å². The number of piperazine rings is 1. The van der Waals surface area contributed by atoms with Crippen LogP contribution in [0.25, 0.3) is 0 Å². The van der Waals surface area contributed by atoms with Crippen LogP contribution in [0.15, 0.2) is 24.3 Å². The summed E-state index contributed by atoms with van der Waals surface area (Å²) in [7, 11) is 0. The van der Waals surface area contributed by atoms with E-state index in [0.717, 1.165) is 52.0 Å². The summed E-state index contributed by atoms with van der Waals surface area (Å²) in [6, 6.07) is 8.35. The summed E-state index contributed by atoms with van der Waals surface area (Å²) < 4.78 is 0. The number of carbonyl (C=O) groups is 1. The molecule has 0 aromatic heterocycles. The van der Waals surface area contributed by atoms with Gasteiger partial charge in [0.15, 0.2) is 0 Å². The zero-order chi connectivity index (χ0) is 15.5. The van der Waals surface area contributed by atoms with Crippen LogP contribution in [0.1, 0.15) is 36.8 Å². The predicted octanol–water partition coefficient (Wildman–Crippen LogP) is 1.63. The van der Waals surface area contributed by atoms with Crippen LogP contribution in [0, 0.1) is 0 Å². The first kappa shape index (κ1) is 15.5. The van der Waals surface area contributed by atoms with E-state index in [1.54, 1.807) is 0 Å². The van der Waals surface area contributed by atoms with Gasteiger partial charge in [-0.25, -0.2) is 0 Å². The molecule has 1 fully saturated rings. The number of aliphatic hydroxyl groups excluding tert-OH is 1. The fourth-order valence-corrected chi connectivity index (χ4v) is 3.61. The number of aryl methyl sites for hydroxylation is 1. The molecule has 22 heavy (non-hydrogen) atoms. The fraction of sp³-hybridized carbons (Fsp3) is 0.611. The zero-order valence-electron chi connectivity index (χ0n) is 13.4. The van der Waals surface area contributed by atoms with Gasteiger partial charge in [-0.05, 0) is 30.4 Å². The molecule has 1 amide bonds. The molecule has 0 unspecified atom stereocenters. The molecular formula is C18H26N2O2. The molecule has 2 atom stereocenters. The smallest absolute Gasteiger partial charge is 0.230 e. The first-order valence-electron chi connectivity index (χ1n) is 8.46. The lowest BCUT2D eigenvalue weighted by Crippen LogP contribution is -2.51. The van der Waals surface area contributed by atoms with Crippen molar-refractivity contribution in [3.8, 4) is 0 Å². The second kappa shape index (κ2) is 6.80. The molecule has 1 aromatic carbocycles. The Morgan fingerprint density at radius 3 is 2.73 bits per heavy atom. The van der Waals surface area contributed by atoms with Gasteiger partial charge in [-0.1, -0.05) is 31.2 Å². The zero-order valence-corrected chi connectivity index (χ0v) is 13.4. The minimum Gasteiger partial charge on any atom is -0.392 e. The van der Waals surface area contributed by atoms with Crippen molar-refractivity contribution in [1.29, 1.82) is 0 Å². The van der Waals surface area contributed by atoms with E-state index in [2.05, 4.69) is 23.1 Å². The lowest BCUT2D eigenvalue weighted by molar-refractivity contribution is -0.134. The Morgan fingerprint density at radius 2 is 2.00 bits per heavy atom. The minimum atomic E-state index is -0.246. The molecule has 1 aliphatic carbocycles. The Balaban J connectivity index is 1.57. The maximum atomic E-state index is 12.8. The van der Waals surface area contributed by atoms with E-state index in [1.807, 2.05) is 17.9 Å². The molecule has 0 saturated carbocycles. The first-order valence-corrected chi connectivity index (χ1v) is 8.46. The molecule has 4 heteroatoms. The minimum absolute atomic E-state index is 0.0592. The van der Waals surface area contributed by atoms with Gasteiger partial charge in [0.25, 0.3) is 0 Å². The third-order valence-corrected chi connectivity index (χ3v) is 5.06. The summed E-state index contributed by atoms with van der Waals surface area (Å²) in [6.07, 6.45) is 2.52. The second-order valence-electron chi connectivity index (χ2n) is 6.48. The Kier molecular flexibility index (Phi) is 4.79. The SMILES string of the molecule is CC[C@H](O)CN1CCN(C(=O)[C@H]2CCc3ccccc32)CC1. The lowest BCUT2D eigenvalue weighted by atomic mass is 9.99. The Hall–Kier alpha value is -1.39. The number of hydrogen-bond acceptors (Lipinski definition) is 3. The van der Waals surface area contributed by atoms with E-state index in [0.29, 0.717) is 5.91 Å². The molecule has 0 bridgehead atoms. The quantitative estimate of drug-likeness (QED) is 0.919. The van der Waals surface area contributed by atoms with Gasteiger partial charge in [0.1, 0.15) is 0 Å². The molecule has 0 radical (unpaired) electrons. The van der Waals surface area contributed by atoms with Gasteiger partial charge in [0.05, 0.1) is 12.0 Å². The number of carbonyl (C=O) groups excluding carboxylic acids is 1. The molecule has 1 heterocycles. The van der Waals surface area contributed by atoms with E-state index < -0.39 is 0 Å². The Morgan fingerprint density at radius 1 is 1.27 bits per heavy atom. The van der Waals surface area contributed by atoms with E-state index in [9.17, 15) is 9.90 Å². The monoisotopic (exact) mass is 302 g/mol. The normalized spacial score (nSPS) is 23.4. The van der Waals surface area contributed by atoms with Gasteiger partial charge >= 0.3 is 0 Å². The van der Waals surface area contributed by atoms with Gasteiger partial charge in [-0.15, -0.1) is 0 Å². The van der Waals surface area contributed by atoms with Crippen LogP contribution in [0.3, 0.4) is 0 Å². The fourth-order valence-electron chi connectivity index (χ4n) is 3.61. The summed E-state index contributed by atoms with van der Waals surface area (Å²) in [5.41, 5.74) is 2.57.